The van der Waals surface area contributed by atoms with E-state index in [2.05, 4.69) is 50.7 Å². The van der Waals surface area contributed by atoms with Crippen molar-refractivity contribution in [3.8, 4) is 0 Å². The lowest BCUT2D eigenvalue weighted by atomic mass is 10.2. The van der Waals surface area contributed by atoms with Crippen LogP contribution in [0.15, 0.2) is 0 Å². The Hall–Kier alpha value is -4.77. The lowest BCUT2D eigenvalue weighted by Crippen LogP contribution is -2.44. The highest BCUT2D eigenvalue weighted by Gasteiger charge is 2.24. The molecule has 53 heavy (non-hydrogen) atoms. The maximum atomic E-state index is 4.97. The fourth-order valence-electron chi connectivity index (χ4n) is 5.20. The summed E-state index contributed by atoms with van der Waals surface area (Å²) in [5.41, 5.74) is 0. The minimum absolute atomic E-state index is 0.238. The Kier molecular flexibility index (Phi) is 16.5. The van der Waals surface area contributed by atoms with Crippen LogP contribution in [0.25, 0.3) is 0 Å². The van der Waals surface area contributed by atoms with Crippen LogP contribution in [-0.4, -0.2) is 161 Å². The van der Waals surface area contributed by atoms with Crippen LogP contribution in [0, 0.1) is 0 Å². The molecule has 0 saturated heterocycles. The number of nitrogens with zero attached hydrogens (tertiary/aromatic N) is 17. The van der Waals surface area contributed by atoms with Gasteiger partial charge in [-0.3, -0.25) is 0 Å². The van der Waals surface area contributed by atoms with Crippen molar-refractivity contribution < 1.29 is 0 Å². The van der Waals surface area contributed by atoms with Gasteiger partial charge in [-0.05, 0) is 19.3 Å². The molecular formula is C35H66N18. The van der Waals surface area contributed by atoms with Gasteiger partial charge in [-0.15, -0.1) is 0 Å². The smallest absolute Gasteiger partial charge is 0.231 e. The summed E-state index contributed by atoms with van der Waals surface area (Å²) < 4.78 is 0. The van der Waals surface area contributed by atoms with Crippen LogP contribution < -0.4 is 44.5 Å². The monoisotopic (exact) mass is 739 g/mol. The minimum Gasteiger partial charge on any atom is -0.348 e. The van der Waals surface area contributed by atoms with E-state index in [1.165, 1.54) is 0 Å². The number of nitrogens with one attached hydrogen (secondary N) is 1. The number of likely N-dealkylation sites (N-methyl/N-ethyl adjacent to an activating group) is 2. The standard InChI is InChI=1S/C35H66N18/c1-15-18-21-49(10)31-38-27(37-28(40-31)46(4)5)36-26(24-52(13)34-41-29(47(6)7)39-30(42-34)48(8)9)25-53(14)35-44-32(50(11)22-19-16-2)43-33(45-35)51(12)23-20-17-3/h26H,15-25H2,1-14H3,(H,36,37,38,40). The molecule has 0 amide bonds. The van der Waals surface area contributed by atoms with Gasteiger partial charge in [0.2, 0.25) is 53.5 Å². The van der Waals surface area contributed by atoms with Crippen LogP contribution in [0.1, 0.15) is 59.3 Å². The zero-order chi connectivity index (χ0) is 39.2. The first-order valence-electron chi connectivity index (χ1n) is 18.8. The van der Waals surface area contributed by atoms with Crippen LogP contribution in [0.4, 0.5) is 53.5 Å². The zero-order valence-corrected chi connectivity index (χ0v) is 35.0. The Balaban J connectivity index is 2.08. The molecule has 18 nitrogen and oxygen atoms in total. The fourth-order valence-corrected chi connectivity index (χ4v) is 5.20. The minimum atomic E-state index is -0.238. The highest BCUT2D eigenvalue weighted by atomic mass is 15.4. The topological polar surface area (TPSA) is 154 Å². The third-order valence-electron chi connectivity index (χ3n) is 8.58. The molecule has 3 aromatic rings. The average Bonchev–Trinajstić information content (AvgIpc) is 3.14. The number of aromatic nitrogens is 9. The Labute approximate surface area is 318 Å². The largest absolute Gasteiger partial charge is 0.348 e. The van der Waals surface area contributed by atoms with Gasteiger partial charge in [-0.2, -0.15) is 44.9 Å². The summed E-state index contributed by atoms with van der Waals surface area (Å²) in [6, 6.07) is -0.238. The number of hydrogen-bond donors (Lipinski definition) is 1. The molecule has 0 fully saturated rings. The van der Waals surface area contributed by atoms with E-state index in [0.29, 0.717) is 66.6 Å². The first kappa shape index (κ1) is 42.6. The van der Waals surface area contributed by atoms with E-state index in [9.17, 15) is 0 Å². The molecule has 0 spiro atoms. The molecule has 0 aliphatic heterocycles. The SMILES string of the molecule is CCCCN(C)c1nc(NC(CN(C)c2nc(N(C)C)nc(N(C)C)n2)CN(C)c2nc(N(C)CCCC)nc(N(C)CCCC)n2)nc(N(C)C)n1. The maximum Gasteiger partial charge on any atom is 0.231 e. The van der Waals surface area contributed by atoms with Crippen molar-refractivity contribution in [3.05, 3.63) is 0 Å². The maximum absolute atomic E-state index is 4.97. The summed E-state index contributed by atoms with van der Waals surface area (Å²) >= 11 is 0. The van der Waals surface area contributed by atoms with Crippen LogP contribution in [0.2, 0.25) is 0 Å². The van der Waals surface area contributed by atoms with E-state index in [-0.39, 0.29) is 6.04 Å². The number of hydrogen-bond acceptors (Lipinski definition) is 18. The summed E-state index contributed by atoms with van der Waals surface area (Å²) in [6.07, 6.45) is 6.38. The van der Waals surface area contributed by atoms with Crippen LogP contribution in [0.5, 0.6) is 0 Å². The number of anilines is 9. The molecule has 0 radical (unpaired) electrons. The van der Waals surface area contributed by atoms with Gasteiger partial charge >= 0.3 is 0 Å². The molecule has 0 aliphatic carbocycles. The molecule has 0 bridgehead atoms. The Bertz CT molecular complexity index is 1480. The Morgan fingerprint density at radius 2 is 0.642 bits per heavy atom. The van der Waals surface area contributed by atoms with Gasteiger partial charge in [0.15, 0.2) is 0 Å². The second kappa shape index (κ2) is 20.5. The van der Waals surface area contributed by atoms with Gasteiger partial charge in [0.1, 0.15) is 0 Å². The van der Waals surface area contributed by atoms with Crippen LogP contribution in [-0.2, 0) is 0 Å². The van der Waals surface area contributed by atoms with Crippen molar-refractivity contribution in [2.45, 2.75) is 65.3 Å². The van der Waals surface area contributed by atoms with Crippen molar-refractivity contribution in [2.24, 2.45) is 0 Å². The zero-order valence-electron chi connectivity index (χ0n) is 35.0. The molecule has 1 N–H and O–H groups in total. The molecule has 18 heteroatoms. The molecule has 0 saturated carbocycles. The lowest BCUT2D eigenvalue weighted by molar-refractivity contribution is 0.655. The van der Waals surface area contributed by atoms with Crippen molar-refractivity contribution in [3.63, 3.8) is 0 Å². The molecule has 1 atom stereocenters. The third kappa shape index (κ3) is 12.7. The summed E-state index contributed by atoms with van der Waals surface area (Å²) in [6.45, 7) is 10.1. The fraction of sp³-hybridized carbons (Fsp3) is 0.743. The number of rotatable bonds is 23. The molecule has 296 valence electrons. The summed E-state index contributed by atoms with van der Waals surface area (Å²) in [5, 5.41) is 3.65. The van der Waals surface area contributed by atoms with E-state index in [1.54, 1.807) is 0 Å². The summed E-state index contributed by atoms with van der Waals surface area (Å²) in [4.78, 5) is 59.5. The van der Waals surface area contributed by atoms with Gasteiger partial charge in [0, 0.05) is 110 Å². The van der Waals surface area contributed by atoms with Crippen LogP contribution >= 0.6 is 0 Å². The van der Waals surface area contributed by atoms with Crippen molar-refractivity contribution >= 4 is 53.5 Å². The second-order valence-corrected chi connectivity index (χ2v) is 14.3. The first-order chi connectivity index (χ1) is 25.2. The highest BCUT2D eigenvalue weighted by Crippen LogP contribution is 2.22. The highest BCUT2D eigenvalue weighted by molar-refractivity contribution is 5.49. The molecule has 0 aliphatic rings. The predicted octanol–water partition coefficient (Wildman–Crippen LogP) is 3.20. The number of unbranched alkanes of at least 4 members (excludes halogenated alkanes) is 3. The molecule has 0 aromatic carbocycles. The van der Waals surface area contributed by atoms with Crippen LogP contribution in [0.3, 0.4) is 0 Å². The Morgan fingerprint density at radius 1 is 0.377 bits per heavy atom. The van der Waals surface area contributed by atoms with Crippen molar-refractivity contribution in [1.29, 1.82) is 0 Å². The van der Waals surface area contributed by atoms with E-state index < -0.39 is 0 Å². The lowest BCUT2D eigenvalue weighted by Gasteiger charge is -2.30. The van der Waals surface area contributed by atoms with Crippen molar-refractivity contribution in [2.75, 3.05) is 155 Å². The molecular weight excluding hydrogens is 673 g/mol. The van der Waals surface area contributed by atoms with Crippen molar-refractivity contribution in [1.82, 2.24) is 44.9 Å². The normalized spacial score (nSPS) is 11.6. The first-order valence-corrected chi connectivity index (χ1v) is 18.8. The van der Waals surface area contributed by atoms with Gasteiger partial charge < -0.3 is 44.5 Å². The average molecular weight is 739 g/mol. The van der Waals surface area contributed by atoms with Gasteiger partial charge in [0.05, 0.1) is 6.04 Å². The van der Waals surface area contributed by atoms with Gasteiger partial charge in [0.25, 0.3) is 0 Å². The molecule has 3 heterocycles. The van der Waals surface area contributed by atoms with E-state index in [1.807, 2.05) is 97.1 Å². The Morgan fingerprint density at radius 3 is 0.981 bits per heavy atom. The van der Waals surface area contributed by atoms with Gasteiger partial charge in [-0.1, -0.05) is 40.0 Å². The third-order valence-corrected chi connectivity index (χ3v) is 8.58. The summed E-state index contributed by atoms with van der Waals surface area (Å²) in [5.74, 6) is 5.24. The quantitative estimate of drug-likeness (QED) is 0.151. The van der Waals surface area contributed by atoms with E-state index in [4.69, 9.17) is 39.9 Å². The molecule has 3 rings (SSSR count). The van der Waals surface area contributed by atoms with Gasteiger partial charge in [-0.25, -0.2) is 0 Å². The summed E-state index contributed by atoms with van der Waals surface area (Å²) in [7, 11) is 21.7. The predicted molar refractivity (Wildman–Crippen MR) is 221 cm³/mol. The molecule has 3 aromatic heterocycles. The van der Waals surface area contributed by atoms with E-state index in [0.717, 1.165) is 58.2 Å². The molecule has 1 unspecified atom stereocenters. The van der Waals surface area contributed by atoms with E-state index >= 15 is 0 Å². The second-order valence-electron chi connectivity index (χ2n) is 14.3.